The van der Waals surface area contributed by atoms with E-state index >= 15 is 0 Å². The minimum absolute atomic E-state index is 0.145. The SMILES string of the molecule is O=C(c1cc(-c2ccccc2)nc2ccccc12)C1CCCCN1C(=O)O. The third-order valence-corrected chi connectivity index (χ3v) is 5.10. The highest BCUT2D eigenvalue weighted by molar-refractivity contribution is 6.11. The molecule has 1 atom stereocenters. The van der Waals surface area contributed by atoms with Gasteiger partial charge in [-0.2, -0.15) is 0 Å². The number of rotatable bonds is 3. The van der Waals surface area contributed by atoms with Crippen LogP contribution in [0.25, 0.3) is 22.2 Å². The highest BCUT2D eigenvalue weighted by atomic mass is 16.4. The number of aromatic nitrogens is 1. The summed E-state index contributed by atoms with van der Waals surface area (Å²) in [6.45, 7) is 0.403. The van der Waals surface area contributed by atoms with E-state index in [9.17, 15) is 14.7 Å². The minimum Gasteiger partial charge on any atom is -0.465 e. The van der Waals surface area contributed by atoms with Crippen LogP contribution in [0.2, 0.25) is 0 Å². The molecule has 1 unspecified atom stereocenters. The first-order valence-electron chi connectivity index (χ1n) is 9.14. The Morgan fingerprint density at radius 1 is 1.00 bits per heavy atom. The number of amides is 1. The van der Waals surface area contributed by atoms with Crippen LogP contribution in [0.1, 0.15) is 29.6 Å². The van der Waals surface area contributed by atoms with Crippen LogP contribution < -0.4 is 0 Å². The Morgan fingerprint density at radius 2 is 1.74 bits per heavy atom. The lowest BCUT2D eigenvalue weighted by Gasteiger charge is -2.32. The third-order valence-electron chi connectivity index (χ3n) is 5.10. The molecular formula is C22H20N2O3. The first kappa shape index (κ1) is 17.2. The average molecular weight is 360 g/mol. The van der Waals surface area contributed by atoms with Crippen molar-refractivity contribution in [2.75, 3.05) is 6.54 Å². The number of hydrogen-bond donors (Lipinski definition) is 1. The first-order valence-corrected chi connectivity index (χ1v) is 9.14. The summed E-state index contributed by atoms with van der Waals surface area (Å²) >= 11 is 0. The number of nitrogens with zero attached hydrogens (tertiary/aromatic N) is 2. The van der Waals surface area contributed by atoms with Gasteiger partial charge < -0.3 is 5.11 Å². The quantitative estimate of drug-likeness (QED) is 0.692. The molecule has 27 heavy (non-hydrogen) atoms. The first-order chi connectivity index (χ1) is 13.1. The summed E-state index contributed by atoms with van der Waals surface area (Å²) in [5, 5.41) is 10.3. The van der Waals surface area contributed by atoms with E-state index in [1.165, 1.54) is 4.90 Å². The van der Waals surface area contributed by atoms with Crippen molar-refractivity contribution < 1.29 is 14.7 Å². The van der Waals surface area contributed by atoms with Crippen molar-refractivity contribution in [3.63, 3.8) is 0 Å². The molecule has 1 amide bonds. The monoisotopic (exact) mass is 360 g/mol. The molecule has 136 valence electrons. The van der Waals surface area contributed by atoms with Crippen molar-refractivity contribution >= 4 is 22.8 Å². The second-order valence-corrected chi connectivity index (χ2v) is 6.79. The van der Waals surface area contributed by atoms with E-state index in [4.69, 9.17) is 4.98 Å². The maximum absolute atomic E-state index is 13.4. The van der Waals surface area contributed by atoms with Crippen LogP contribution in [0.4, 0.5) is 4.79 Å². The fourth-order valence-electron chi connectivity index (χ4n) is 3.75. The normalized spacial score (nSPS) is 17.0. The number of carbonyl (C=O) groups excluding carboxylic acids is 1. The Hall–Kier alpha value is -3.21. The molecule has 0 saturated carbocycles. The molecule has 1 aromatic heterocycles. The van der Waals surface area contributed by atoms with Crippen molar-refractivity contribution in [2.24, 2.45) is 0 Å². The van der Waals surface area contributed by atoms with Gasteiger partial charge in [0.2, 0.25) is 0 Å². The molecule has 1 saturated heterocycles. The van der Waals surface area contributed by atoms with Gasteiger partial charge in [0.05, 0.1) is 17.3 Å². The topological polar surface area (TPSA) is 70.5 Å². The Balaban J connectivity index is 1.84. The van der Waals surface area contributed by atoms with Gasteiger partial charge in [-0.1, -0.05) is 48.5 Å². The lowest BCUT2D eigenvalue weighted by atomic mass is 9.92. The molecule has 2 aromatic carbocycles. The predicted octanol–water partition coefficient (Wildman–Crippen LogP) is 4.62. The molecular weight excluding hydrogens is 340 g/mol. The number of Topliss-reactive ketones (excluding diaryl/α,β-unsaturated/α-hetero) is 1. The van der Waals surface area contributed by atoms with E-state index in [2.05, 4.69) is 0 Å². The van der Waals surface area contributed by atoms with E-state index in [0.717, 1.165) is 35.0 Å². The number of benzene rings is 2. The summed E-state index contributed by atoms with van der Waals surface area (Å²) in [5.74, 6) is -0.145. The fourth-order valence-corrected chi connectivity index (χ4v) is 3.75. The molecule has 0 radical (unpaired) electrons. The highest BCUT2D eigenvalue weighted by Crippen LogP contribution is 2.28. The second kappa shape index (κ2) is 7.19. The van der Waals surface area contributed by atoms with Gasteiger partial charge >= 0.3 is 6.09 Å². The van der Waals surface area contributed by atoms with E-state index < -0.39 is 12.1 Å². The fraction of sp³-hybridized carbons (Fsp3) is 0.227. The van der Waals surface area contributed by atoms with E-state index in [1.54, 1.807) is 6.07 Å². The number of fused-ring (bicyclic) bond motifs is 1. The van der Waals surface area contributed by atoms with Gasteiger partial charge in [0, 0.05) is 23.1 Å². The van der Waals surface area contributed by atoms with E-state index in [0.29, 0.717) is 18.5 Å². The lowest BCUT2D eigenvalue weighted by Crippen LogP contribution is -2.47. The van der Waals surface area contributed by atoms with Crippen LogP contribution in [-0.2, 0) is 0 Å². The van der Waals surface area contributed by atoms with Crippen LogP contribution in [0.5, 0.6) is 0 Å². The Morgan fingerprint density at radius 3 is 2.52 bits per heavy atom. The molecule has 4 rings (SSSR count). The molecule has 5 heteroatoms. The summed E-state index contributed by atoms with van der Waals surface area (Å²) in [5.41, 5.74) is 2.92. The highest BCUT2D eigenvalue weighted by Gasteiger charge is 2.33. The molecule has 2 heterocycles. The predicted molar refractivity (Wildman–Crippen MR) is 104 cm³/mol. The molecule has 0 aliphatic carbocycles. The van der Waals surface area contributed by atoms with Crippen molar-refractivity contribution in [3.05, 3.63) is 66.2 Å². The zero-order chi connectivity index (χ0) is 18.8. The Labute approximate surface area is 157 Å². The summed E-state index contributed by atoms with van der Waals surface area (Å²) in [7, 11) is 0. The van der Waals surface area contributed by atoms with E-state index in [1.807, 2.05) is 54.6 Å². The van der Waals surface area contributed by atoms with Crippen LogP contribution in [-0.4, -0.2) is 39.5 Å². The largest absolute Gasteiger partial charge is 0.465 e. The molecule has 5 nitrogen and oxygen atoms in total. The summed E-state index contributed by atoms with van der Waals surface area (Å²) in [6, 6.07) is 18.4. The standard InChI is InChI=1S/C22H20N2O3/c25-21(20-12-6-7-13-24(20)22(26)27)17-14-19(15-8-2-1-3-9-15)23-18-11-5-4-10-16(17)18/h1-5,8-11,14,20H,6-7,12-13H2,(H,26,27). The number of piperidine rings is 1. The molecule has 1 N–H and O–H groups in total. The Kier molecular flexibility index (Phi) is 4.59. The summed E-state index contributed by atoms with van der Waals surface area (Å²) in [4.78, 5) is 31.0. The maximum Gasteiger partial charge on any atom is 0.407 e. The number of carboxylic acid groups (broad SMARTS) is 1. The number of hydrogen-bond acceptors (Lipinski definition) is 3. The van der Waals surface area contributed by atoms with E-state index in [-0.39, 0.29) is 5.78 Å². The number of ketones is 1. The van der Waals surface area contributed by atoms with Crippen molar-refractivity contribution in [2.45, 2.75) is 25.3 Å². The summed E-state index contributed by atoms with van der Waals surface area (Å²) < 4.78 is 0. The van der Waals surface area contributed by atoms with Gasteiger partial charge in [-0.15, -0.1) is 0 Å². The average Bonchev–Trinajstić information content (AvgIpc) is 2.73. The molecule has 1 fully saturated rings. The number of carbonyl (C=O) groups is 2. The van der Waals surface area contributed by atoms with Crippen molar-refractivity contribution in [1.29, 1.82) is 0 Å². The second-order valence-electron chi connectivity index (χ2n) is 6.79. The zero-order valence-electron chi connectivity index (χ0n) is 14.8. The van der Waals surface area contributed by atoms with Crippen LogP contribution in [0, 0.1) is 0 Å². The lowest BCUT2D eigenvalue weighted by molar-refractivity contribution is 0.0715. The zero-order valence-corrected chi connectivity index (χ0v) is 14.8. The third kappa shape index (κ3) is 3.28. The number of para-hydroxylation sites is 1. The van der Waals surface area contributed by atoms with Gasteiger partial charge in [-0.05, 0) is 31.4 Å². The molecule has 1 aliphatic rings. The van der Waals surface area contributed by atoms with Gasteiger partial charge in [0.1, 0.15) is 0 Å². The summed E-state index contributed by atoms with van der Waals surface area (Å²) in [6.07, 6.45) is 1.18. The number of pyridine rings is 1. The van der Waals surface area contributed by atoms with Crippen LogP contribution in [0.15, 0.2) is 60.7 Å². The van der Waals surface area contributed by atoms with Crippen LogP contribution >= 0.6 is 0 Å². The molecule has 0 bridgehead atoms. The molecule has 3 aromatic rings. The smallest absolute Gasteiger partial charge is 0.407 e. The molecule has 1 aliphatic heterocycles. The maximum atomic E-state index is 13.4. The van der Waals surface area contributed by atoms with Crippen molar-refractivity contribution in [1.82, 2.24) is 9.88 Å². The van der Waals surface area contributed by atoms with Gasteiger partial charge in [-0.25, -0.2) is 9.78 Å². The number of likely N-dealkylation sites (tertiary alicyclic amines) is 1. The minimum atomic E-state index is -1.03. The van der Waals surface area contributed by atoms with Crippen LogP contribution in [0.3, 0.4) is 0 Å². The molecule has 0 spiro atoms. The van der Waals surface area contributed by atoms with Gasteiger partial charge in [-0.3, -0.25) is 9.69 Å². The van der Waals surface area contributed by atoms with Crippen molar-refractivity contribution in [3.8, 4) is 11.3 Å². The Bertz CT molecular complexity index is 1000. The van der Waals surface area contributed by atoms with Gasteiger partial charge in [0.25, 0.3) is 0 Å². The van der Waals surface area contributed by atoms with Gasteiger partial charge in [0.15, 0.2) is 5.78 Å².